The standard InChI is InChI=1S/C16H18O/c1-3-8-14(9-4-2)16(12-13-17)15-10-6-5-7-11-15/h3-11,13,16H,1,12H2,2H3/b9-4-,14-8+. The highest BCUT2D eigenvalue weighted by molar-refractivity contribution is 5.55. The summed E-state index contributed by atoms with van der Waals surface area (Å²) in [5, 5.41) is 0. The fourth-order valence-corrected chi connectivity index (χ4v) is 1.86. The topological polar surface area (TPSA) is 17.1 Å². The van der Waals surface area contributed by atoms with Gasteiger partial charge in [0, 0.05) is 12.3 Å². The van der Waals surface area contributed by atoms with E-state index in [9.17, 15) is 4.79 Å². The zero-order valence-corrected chi connectivity index (χ0v) is 10.2. The number of carbonyl (C=O) groups is 1. The van der Waals surface area contributed by atoms with Crippen molar-refractivity contribution in [3.63, 3.8) is 0 Å². The number of aldehydes is 1. The van der Waals surface area contributed by atoms with Crippen LogP contribution in [0.25, 0.3) is 0 Å². The van der Waals surface area contributed by atoms with E-state index in [1.807, 2.05) is 43.4 Å². The second kappa shape index (κ2) is 7.39. The van der Waals surface area contributed by atoms with Gasteiger partial charge in [-0.05, 0) is 18.1 Å². The molecule has 1 rings (SSSR count). The van der Waals surface area contributed by atoms with Crippen molar-refractivity contribution in [1.29, 1.82) is 0 Å². The molecule has 0 radical (unpaired) electrons. The van der Waals surface area contributed by atoms with Crippen LogP contribution >= 0.6 is 0 Å². The van der Waals surface area contributed by atoms with E-state index in [0.29, 0.717) is 6.42 Å². The van der Waals surface area contributed by atoms with E-state index in [4.69, 9.17) is 0 Å². The molecule has 0 fully saturated rings. The Hall–Kier alpha value is -1.89. The van der Waals surface area contributed by atoms with E-state index >= 15 is 0 Å². The third-order valence-corrected chi connectivity index (χ3v) is 2.61. The molecule has 0 aliphatic heterocycles. The summed E-state index contributed by atoms with van der Waals surface area (Å²) in [5.74, 6) is 0.114. The quantitative estimate of drug-likeness (QED) is 0.528. The van der Waals surface area contributed by atoms with E-state index in [1.54, 1.807) is 6.08 Å². The van der Waals surface area contributed by atoms with Gasteiger partial charge >= 0.3 is 0 Å². The van der Waals surface area contributed by atoms with Crippen molar-refractivity contribution in [3.8, 4) is 0 Å². The second-order valence-corrected chi connectivity index (χ2v) is 3.77. The Labute approximate surface area is 103 Å². The van der Waals surface area contributed by atoms with Crippen LogP contribution in [0.4, 0.5) is 0 Å². The summed E-state index contributed by atoms with van der Waals surface area (Å²) in [6.45, 7) is 5.69. The summed E-state index contributed by atoms with van der Waals surface area (Å²) in [6.07, 6.45) is 9.20. The summed E-state index contributed by atoms with van der Waals surface area (Å²) in [4.78, 5) is 10.8. The molecule has 88 valence electrons. The lowest BCUT2D eigenvalue weighted by Gasteiger charge is -2.16. The van der Waals surface area contributed by atoms with Gasteiger partial charge in [-0.25, -0.2) is 0 Å². The van der Waals surface area contributed by atoms with Gasteiger partial charge in [0.2, 0.25) is 0 Å². The van der Waals surface area contributed by atoms with Crippen molar-refractivity contribution in [2.45, 2.75) is 19.3 Å². The zero-order valence-electron chi connectivity index (χ0n) is 10.2. The summed E-state index contributed by atoms with van der Waals surface area (Å²) in [7, 11) is 0. The highest BCUT2D eigenvalue weighted by Crippen LogP contribution is 2.28. The summed E-state index contributed by atoms with van der Waals surface area (Å²) < 4.78 is 0. The monoisotopic (exact) mass is 226 g/mol. The fourth-order valence-electron chi connectivity index (χ4n) is 1.86. The lowest BCUT2D eigenvalue weighted by Crippen LogP contribution is -2.02. The minimum absolute atomic E-state index is 0.114. The second-order valence-electron chi connectivity index (χ2n) is 3.77. The first-order valence-corrected chi connectivity index (χ1v) is 5.77. The zero-order chi connectivity index (χ0) is 12.5. The first-order valence-electron chi connectivity index (χ1n) is 5.77. The molecule has 0 aromatic heterocycles. The van der Waals surface area contributed by atoms with Gasteiger partial charge < -0.3 is 4.79 Å². The molecule has 0 bridgehead atoms. The van der Waals surface area contributed by atoms with Crippen LogP contribution in [0.3, 0.4) is 0 Å². The van der Waals surface area contributed by atoms with Crippen molar-refractivity contribution in [2.24, 2.45) is 0 Å². The van der Waals surface area contributed by atoms with Gasteiger partial charge in [0.15, 0.2) is 0 Å². The third kappa shape index (κ3) is 3.87. The number of benzene rings is 1. The Morgan fingerprint density at radius 3 is 2.59 bits per heavy atom. The Kier molecular flexibility index (Phi) is 5.73. The Morgan fingerprint density at radius 2 is 2.06 bits per heavy atom. The molecule has 0 saturated carbocycles. The largest absolute Gasteiger partial charge is 0.303 e. The van der Waals surface area contributed by atoms with E-state index in [0.717, 1.165) is 17.4 Å². The van der Waals surface area contributed by atoms with Gasteiger partial charge in [0.25, 0.3) is 0 Å². The number of allylic oxidation sites excluding steroid dienone is 5. The van der Waals surface area contributed by atoms with E-state index in [2.05, 4.69) is 18.7 Å². The Morgan fingerprint density at radius 1 is 1.35 bits per heavy atom. The molecule has 1 aromatic rings. The van der Waals surface area contributed by atoms with Crippen LogP contribution in [0, 0.1) is 0 Å². The lowest BCUT2D eigenvalue weighted by atomic mass is 9.88. The summed E-state index contributed by atoms with van der Waals surface area (Å²) in [5.41, 5.74) is 2.27. The molecule has 0 amide bonds. The van der Waals surface area contributed by atoms with Crippen LogP contribution < -0.4 is 0 Å². The molecule has 1 nitrogen and oxygen atoms in total. The predicted molar refractivity (Wildman–Crippen MR) is 73.0 cm³/mol. The fraction of sp³-hybridized carbons (Fsp3) is 0.188. The van der Waals surface area contributed by atoms with Crippen molar-refractivity contribution in [1.82, 2.24) is 0 Å². The normalized spacial score (nSPS) is 13.6. The molecule has 0 aliphatic rings. The first kappa shape index (κ1) is 13.2. The van der Waals surface area contributed by atoms with Crippen LogP contribution in [0.5, 0.6) is 0 Å². The van der Waals surface area contributed by atoms with Crippen LogP contribution in [-0.2, 0) is 4.79 Å². The molecule has 1 atom stereocenters. The summed E-state index contributed by atoms with van der Waals surface area (Å²) >= 11 is 0. The SMILES string of the molecule is C=C/C=C(\C=C/C)C(CC=O)c1ccccc1. The molecular weight excluding hydrogens is 208 g/mol. The van der Waals surface area contributed by atoms with Crippen LogP contribution in [0.15, 0.2) is 66.8 Å². The number of carbonyl (C=O) groups excluding carboxylic acids is 1. The summed E-state index contributed by atoms with van der Waals surface area (Å²) in [6, 6.07) is 10.1. The lowest BCUT2D eigenvalue weighted by molar-refractivity contribution is -0.108. The molecule has 1 unspecified atom stereocenters. The van der Waals surface area contributed by atoms with Crippen LogP contribution in [-0.4, -0.2) is 6.29 Å². The van der Waals surface area contributed by atoms with Gasteiger partial charge in [-0.3, -0.25) is 0 Å². The molecule has 0 spiro atoms. The first-order chi connectivity index (χ1) is 8.33. The third-order valence-electron chi connectivity index (χ3n) is 2.61. The van der Waals surface area contributed by atoms with E-state index < -0.39 is 0 Å². The molecule has 0 aliphatic carbocycles. The van der Waals surface area contributed by atoms with E-state index in [1.165, 1.54) is 0 Å². The number of hydrogen-bond acceptors (Lipinski definition) is 1. The van der Waals surface area contributed by atoms with Gasteiger partial charge in [0.1, 0.15) is 6.29 Å². The average Bonchev–Trinajstić information content (AvgIpc) is 2.37. The minimum Gasteiger partial charge on any atom is -0.303 e. The molecule has 1 heteroatoms. The highest BCUT2D eigenvalue weighted by atomic mass is 16.1. The minimum atomic E-state index is 0.114. The molecule has 0 N–H and O–H groups in total. The molecule has 1 aromatic carbocycles. The predicted octanol–water partition coefficient (Wildman–Crippen LogP) is 4.05. The Bertz CT molecular complexity index is 412. The molecule has 0 heterocycles. The van der Waals surface area contributed by atoms with Crippen LogP contribution in [0.1, 0.15) is 24.8 Å². The van der Waals surface area contributed by atoms with Crippen molar-refractivity contribution in [2.75, 3.05) is 0 Å². The van der Waals surface area contributed by atoms with Crippen LogP contribution in [0.2, 0.25) is 0 Å². The smallest absolute Gasteiger partial charge is 0.120 e. The maximum Gasteiger partial charge on any atom is 0.120 e. The molecule has 17 heavy (non-hydrogen) atoms. The van der Waals surface area contributed by atoms with Gasteiger partial charge in [-0.15, -0.1) is 0 Å². The van der Waals surface area contributed by atoms with Crippen molar-refractivity contribution < 1.29 is 4.79 Å². The number of hydrogen-bond donors (Lipinski definition) is 0. The maximum atomic E-state index is 10.8. The van der Waals surface area contributed by atoms with Gasteiger partial charge in [-0.2, -0.15) is 0 Å². The van der Waals surface area contributed by atoms with Gasteiger partial charge in [0.05, 0.1) is 0 Å². The van der Waals surface area contributed by atoms with E-state index in [-0.39, 0.29) is 5.92 Å². The highest BCUT2D eigenvalue weighted by Gasteiger charge is 2.13. The number of rotatable bonds is 6. The molecule has 0 saturated heterocycles. The van der Waals surface area contributed by atoms with Gasteiger partial charge in [-0.1, -0.05) is 61.2 Å². The van der Waals surface area contributed by atoms with Crippen molar-refractivity contribution >= 4 is 6.29 Å². The average molecular weight is 226 g/mol. The maximum absolute atomic E-state index is 10.8. The Balaban J connectivity index is 3.11. The molecular formula is C16H18O. The van der Waals surface area contributed by atoms with Crippen molar-refractivity contribution in [3.05, 3.63) is 72.4 Å².